The molecule has 0 aliphatic heterocycles. The largest absolute Gasteiger partial charge is 0.398 e. The lowest BCUT2D eigenvalue weighted by molar-refractivity contribution is 0.100. The molecule has 0 radical (unpaired) electrons. The molecule has 0 heterocycles. The van der Waals surface area contributed by atoms with Crippen LogP contribution >= 0.6 is 0 Å². The molecule has 0 saturated heterocycles. The van der Waals surface area contributed by atoms with E-state index < -0.39 is 11.7 Å². The van der Waals surface area contributed by atoms with Gasteiger partial charge in [-0.25, -0.2) is 4.39 Å². The number of amides is 1. The van der Waals surface area contributed by atoms with Gasteiger partial charge in [-0.1, -0.05) is 0 Å². The summed E-state index contributed by atoms with van der Waals surface area (Å²) in [4.78, 5) is 12.9. The molecule has 1 unspecified atom stereocenters. The number of primary amides is 1. The molecule has 6 heteroatoms. The summed E-state index contributed by atoms with van der Waals surface area (Å²) in [5.41, 5.74) is 11.1. The highest BCUT2D eigenvalue weighted by Crippen LogP contribution is 2.25. The molecule has 0 spiro atoms. The van der Waals surface area contributed by atoms with Gasteiger partial charge < -0.3 is 21.1 Å². The molecule has 4 N–H and O–H groups in total. The van der Waals surface area contributed by atoms with E-state index in [0.717, 1.165) is 6.07 Å². The first-order chi connectivity index (χ1) is 8.38. The number of nitrogen functional groups attached to an aromatic ring is 1. The highest BCUT2D eigenvalue weighted by Gasteiger charge is 2.17. The average Bonchev–Trinajstić information content (AvgIpc) is 2.28. The van der Waals surface area contributed by atoms with E-state index in [1.807, 2.05) is 6.92 Å². The van der Waals surface area contributed by atoms with E-state index in [2.05, 4.69) is 0 Å². The van der Waals surface area contributed by atoms with Crippen molar-refractivity contribution < 1.29 is 13.9 Å². The van der Waals surface area contributed by atoms with Gasteiger partial charge in [0, 0.05) is 25.9 Å². The lowest BCUT2D eigenvalue weighted by Gasteiger charge is -2.27. The SMILES string of the molecule is COCC(C)N(C)c1cc(C(N)=O)c(N)cc1F. The zero-order valence-electron chi connectivity index (χ0n) is 10.7. The average molecular weight is 255 g/mol. The molecule has 1 aromatic rings. The number of hydrogen-bond acceptors (Lipinski definition) is 4. The predicted octanol–water partition coefficient (Wildman–Crippen LogP) is 0.978. The van der Waals surface area contributed by atoms with Crippen LogP contribution in [0.25, 0.3) is 0 Å². The Hall–Kier alpha value is -1.82. The van der Waals surface area contributed by atoms with Crippen molar-refractivity contribution in [3.05, 3.63) is 23.5 Å². The second-order valence-corrected chi connectivity index (χ2v) is 4.17. The van der Waals surface area contributed by atoms with Crippen molar-refractivity contribution in [3.63, 3.8) is 0 Å². The third-order valence-electron chi connectivity index (χ3n) is 2.83. The maximum atomic E-state index is 13.8. The number of rotatable bonds is 5. The van der Waals surface area contributed by atoms with Crippen LogP contribution in [0.2, 0.25) is 0 Å². The number of ether oxygens (including phenoxy) is 1. The van der Waals surface area contributed by atoms with Crippen LogP contribution in [-0.2, 0) is 4.74 Å². The zero-order valence-corrected chi connectivity index (χ0v) is 10.7. The molecule has 1 atom stereocenters. The first kappa shape index (κ1) is 14.2. The molecule has 0 fully saturated rings. The van der Waals surface area contributed by atoms with Crippen molar-refractivity contribution in [2.75, 3.05) is 31.4 Å². The van der Waals surface area contributed by atoms with Gasteiger partial charge in [-0.15, -0.1) is 0 Å². The Morgan fingerprint density at radius 3 is 2.67 bits per heavy atom. The van der Waals surface area contributed by atoms with Crippen LogP contribution in [0.4, 0.5) is 15.8 Å². The number of hydrogen-bond donors (Lipinski definition) is 2. The summed E-state index contributed by atoms with van der Waals surface area (Å²) in [6, 6.07) is 2.42. The van der Waals surface area contributed by atoms with Gasteiger partial charge in [0.25, 0.3) is 5.91 Å². The maximum absolute atomic E-state index is 13.8. The number of carbonyl (C=O) groups is 1. The molecule has 18 heavy (non-hydrogen) atoms. The van der Waals surface area contributed by atoms with Crippen molar-refractivity contribution in [3.8, 4) is 0 Å². The summed E-state index contributed by atoms with van der Waals surface area (Å²) in [6.07, 6.45) is 0. The molecule has 0 aliphatic carbocycles. The van der Waals surface area contributed by atoms with Crippen LogP contribution in [0.15, 0.2) is 12.1 Å². The second kappa shape index (κ2) is 5.68. The first-order valence-corrected chi connectivity index (χ1v) is 5.49. The van der Waals surface area contributed by atoms with Crippen molar-refractivity contribution in [1.82, 2.24) is 0 Å². The van der Waals surface area contributed by atoms with Crippen LogP contribution in [0.5, 0.6) is 0 Å². The monoisotopic (exact) mass is 255 g/mol. The number of benzene rings is 1. The molecule has 100 valence electrons. The molecule has 1 aromatic carbocycles. The highest BCUT2D eigenvalue weighted by atomic mass is 19.1. The Kier molecular flexibility index (Phi) is 4.49. The molecule has 0 bridgehead atoms. The summed E-state index contributed by atoms with van der Waals surface area (Å²) < 4.78 is 18.8. The fourth-order valence-electron chi connectivity index (χ4n) is 1.65. The maximum Gasteiger partial charge on any atom is 0.250 e. The normalized spacial score (nSPS) is 12.2. The van der Waals surface area contributed by atoms with Crippen LogP contribution in [0.3, 0.4) is 0 Å². The van der Waals surface area contributed by atoms with Crippen LogP contribution in [0, 0.1) is 5.82 Å². The number of anilines is 2. The zero-order chi connectivity index (χ0) is 13.9. The quantitative estimate of drug-likeness (QED) is 0.768. The minimum Gasteiger partial charge on any atom is -0.398 e. The van der Waals surface area contributed by atoms with Crippen molar-refractivity contribution in [1.29, 1.82) is 0 Å². The lowest BCUT2D eigenvalue weighted by atomic mass is 10.1. The van der Waals surface area contributed by atoms with Gasteiger partial charge in [-0.3, -0.25) is 4.79 Å². The van der Waals surface area contributed by atoms with Gasteiger partial charge >= 0.3 is 0 Å². The van der Waals surface area contributed by atoms with E-state index in [4.69, 9.17) is 16.2 Å². The van der Waals surface area contributed by atoms with Gasteiger partial charge in [-0.05, 0) is 19.1 Å². The second-order valence-electron chi connectivity index (χ2n) is 4.17. The molecular formula is C12H18FN3O2. The van der Waals surface area contributed by atoms with Crippen molar-refractivity contribution in [2.24, 2.45) is 5.73 Å². The van der Waals surface area contributed by atoms with Gasteiger partial charge in [-0.2, -0.15) is 0 Å². The van der Waals surface area contributed by atoms with Crippen LogP contribution in [0.1, 0.15) is 17.3 Å². The van der Waals surface area contributed by atoms with E-state index in [1.165, 1.54) is 6.07 Å². The number of carbonyl (C=O) groups excluding carboxylic acids is 1. The summed E-state index contributed by atoms with van der Waals surface area (Å²) in [5, 5.41) is 0. The lowest BCUT2D eigenvalue weighted by Crippen LogP contribution is -2.33. The number of nitrogens with zero attached hydrogens (tertiary/aromatic N) is 1. The van der Waals surface area contributed by atoms with Gasteiger partial charge in [0.1, 0.15) is 5.82 Å². The molecule has 0 saturated carbocycles. The van der Waals surface area contributed by atoms with Crippen molar-refractivity contribution in [2.45, 2.75) is 13.0 Å². The van der Waals surface area contributed by atoms with Gasteiger partial charge in [0.15, 0.2) is 0 Å². The molecule has 0 aliphatic rings. The predicted molar refractivity (Wildman–Crippen MR) is 69.1 cm³/mol. The Morgan fingerprint density at radius 2 is 2.17 bits per heavy atom. The minimum absolute atomic E-state index is 0.0385. The fraction of sp³-hybridized carbons (Fsp3) is 0.417. The van der Waals surface area contributed by atoms with E-state index in [0.29, 0.717) is 6.61 Å². The molecule has 1 rings (SSSR count). The minimum atomic E-state index is -0.679. The summed E-state index contributed by atoms with van der Waals surface area (Å²) in [6.45, 7) is 2.31. The van der Waals surface area contributed by atoms with Gasteiger partial charge in [0.2, 0.25) is 0 Å². The summed E-state index contributed by atoms with van der Waals surface area (Å²) in [5.74, 6) is -1.18. The molecule has 1 amide bonds. The van der Waals surface area contributed by atoms with Crippen LogP contribution in [-0.4, -0.2) is 32.7 Å². The molecule has 0 aromatic heterocycles. The third kappa shape index (κ3) is 2.89. The Morgan fingerprint density at radius 1 is 1.56 bits per heavy atom. The molecular weight excluding hydrogens is 237 g/mol. The Bertz CT molecular complexity index is 451. The fourth-order valence-corrected chi connectivity index (χ4v) is 1.65. The topological polar surface area (TPSA) is 81.6 Å². The summed E-state index contributed by atoms with van der Waals surface area (Å²) in [7, 11) is 3.28. The van der Waals surface area contributed by atoms with E-state index in [9.17, 15) is 9.18 Å². The Balaban J connectivity index is 3.15. The van der Waals surface area contributed by atoms with Crippen molar-refractivity contribution >= 4 is 17.3 Å². The Labute approximate surface area is 106 Å². The first-order valence-electron chi connectivity index (χ1n) is 5.49. The van der Waals surface area contributed by atoms with E-state index in [1.54, 1.807) is 19.1 Å². The highest BCUT2D eigenvalue weighted by molar-refractivity contribution is 5.99. The third-order valence-corrected chi connectivity index (χ3v) is 2.83. The van der Waals surface area contributed by atoms with Gasteiger partial charge in [0.05, 0.1) is 17.9 Å². The van der Waals surface area contributed by atoms with Crippen LogP contribution < -0.4 is 16.4 Å². The number of likely N-dealkylation sites (N-methyl/N-ethyl adjacent to an activating group) is 1. The number of nitrogens with two attached hydrogens (primary N) is 2. The number of methoxy groups -OCH3 is 1. The van der Waals surface area contributed by atoms with E-state index in [-0.39, 0.29) is 23.0 Å². The standard InChI is InChI=1S/C12H18FN3O2/c1-7(6-18-3)16(2)11-4-8(12(15)17)10(14)5-9(11)13/h4-5,7H,6,14H2,1-3H3,(H2,15,17). The summed E-state index contributed by atoms with van der Waals surface area (Å²) >= 11 is 0. The number of halogens is 1. The van der Waals surface area contributed by atoms with E-state index >= 15 is 0 Å². The smallest absolute Gasteiger partial charge is 0.250 e. The molecule has 5 nitrogen and oxygen atoms in total.